The molecule has 0 heterocycles. The van der Waals surface area contributed by atoms with E-state index in [0.29, 0.717) is 6.42 Å². The Morgan fingerprint density at radius 2 is 1.96 bits per heavy atom. The van der Waals surface area contributed by atoms with E-state index in [2.05, 4.69) is 16.0 Å². The van der Waals surface area contributed by atoms with Crippen molar-refractivity contribution in [2.75, 3.05) is 13.6 Å². The zero-order valence-electron chi connectivity index (χ0n) is 14.8. The lowest BCUT2D eigenvalue weighted by molar-refractivity contribution is -0.126. The van der Waals surface area contributed by atoms with Gasteiger partial charge in [-0.1, -0.05) is 19.9 Å². The van der Waals surface area contributed by atoms with Crippen molar-refractivity contribution in [3.8, 4) is 0 Å². The van der Waals surface area contributed by atoms with Crippen molar-refractivity contribution >= 4 is 17.7 Å². The third-order valence-electron chi connectivity index (χ3n) is 3.97. The lowest BCUT2D eigenvalue weighted by Crippen LogP contribution is -2.55. The molecule has 1 aliphatic rings. The van der Waals surface area contributed by atoms with Crippen LogP contribution in [0.2, 0.25) is 0 Å². The van der Waals surface area contributed by atoms with Gasteiger partial charge in [0.15, 0.2) is 0 Å². The van der Waals surface area contributed by atoms with Gasteiger partial charge in [0.1, 0.15) is 6.10 Å². The number of primary amides is 1. The Labute approximate surface area is 147 Å². The van der Waals surface area contributed by atoms with E-state index in [1.807, 2.05) is 13.8 Å². The first-order chi connectivity index (χ1) is 11.6. The summed E-state index contributed by atoms with van der Waals surface area (Å²) < 4.78 is 0. The Kier molecular flexibility index (Phi) is 8.01. The van der Waals surface area contributed by atoms with Gasteiger partial charge in [-0.15, -0.1) is 0 Å². The van der Waals surface area contributed by atoms with E-state index in [1.54, 1.807) is 7.05 Å². The zero-order valence-corrected chi connectivity index (χ0v) is 14.8. The van der Waals surface area contributed by atoms with Crippen LogP contribution < -0.4 is 21.7 Å². The predicted molar refractivity (Wildman–Crippen MR) is 91.2 cm³/mol. The molecule has 9 heteroatoms. The van der Waals surface area contributed by atoms with E-state index in [4.69, 9.17) is 5.73 Å². The minimum Gasteiger partial charge on any atom is -0.390 e. The normalized spacial score (nSPS) is 24.4. The molecule has 0 radical (unpaired) electrons. The second-order valence-electron chi connectivity index (χ2n) is 6.61. The van der Waals surface area contributed by atoms with Gasteiger partial charge in [-0.05, 0) is 19.4 Å². The van der Waals surface area contributed by atoms with Gasteiger partial charge >= 0.3 is 0 Å². The Balaban J connectivity index is 2.84. The molecule has 0 aromatic carbocycles. The first kappa shape index (κ1) is 21.1. The Bertz CT molecular complexity index is 535. The molecule has 0 bridgehead atoms. The molecule has 1 aliphatic carbocycles. The van der Waals surface area contributed by atoms with E-state index in [0.717, 1.165) is 0 Å². The summed E-state index contributed by atoms with van der Waals surface area (Å²) in [6.07, 6.45) is -0.521. The summed E-state index contributed by atoms with van der Waals surface area (Å²) in [6.45, 7) is 3.64. The molecular formula is C16H28N4O5. The molecule has 0 fully saturated rings. The van der Waals surface area contributed by atoms with Crippen LogP contribution in [0.25, 0.3) is 0 Å². The summed E-state index contributed by atoms with van der Waals surface area (Å²) in [7, 11) is 1.66. The summed E-state index contributed by atoms with van der Waals surface area (Å²) in [6, 6.07) is -1.36. The first-order valence-electron chi connectivity index (χ1n) is 8.26. The number of amides is 3. The zero-order chi connectivity index (χ0) is 19.1. The van der Waals surface area contributed by atoms with Gasteiger partial charge in [-0.3, -0.25) is 14.4 Å². The van der Waals surface area contributed by atoms with Crippen LogP contribution >= 0.6 is 0 Å². The quantitative estimate of drug-likeness (QED) is 0.289. The molecule has 0 spiro atoms. The molecular weight excluding hydrogens is 328 g/mol. The summed E-state index contributed by atoms with van der Waals surface area (Å²) in [4.78, 5) is 35.1. The highest BCUT2D eigenvalue weighted by atomic mass is 16.3. The second-order valence-corrected chi connectivity index (χ2v) is 6.61. The first-order valence-corrected chi connectivity index (χ1v) is 8.26. The third kappa shape index (κ3) is 6.45. The highest BCUT2D eigenvalue weighted by Crippen LogP contribution is 2.20. The molecule has 142 valence electrons. The van der Waals surface area contributed by atoms with Crippen LogP contribution in [0, 0.1) is 5.92 Å². The molecule has 0 aromatic heterocycles. The fourth-order valence-corrected chi connectivity index (χ4v) is 2.64. The van der Waals surface area contributed by atoms with Crippen molar-refractivity contribution in [1.82, 2.24) is 16.0 Å². The molecule has 9 nitrogen and oxygen atoms in total. The number of rotatable bonds is 8. The number of likely N-dealkylation sites (N-methyl/N-ethyl adjacent to an activating group) is 1. The summed E-state index contributed by atoms with van der Waals surface area (Å²) in [5.74, 6) is -1.31. The number of carbonyl (C=O) groups excluding carboxylic acids is 3. The van der Waals surface area contributed by atoms with Crippen LogP contribution in [-0.4, -0.2) is 65.8 Å². The van der Waals surface area contributed by atoms with E-state index < -0.39 is 36.1 Å². The summed E-state index contributed by atoms with van der Waals surface area (Å²) >= 11 is 0. The van der Waals surface area contributed by atoms with E-state index in [9.17, 15) is 24.6 Å². The third-order valence-corrected chi connectivity index (χ3v) is 3.97. The highest BCUT2D eigenvalue weighted by molar-refractivity contribution is 5.96. The number of nitrogens with one attached hydrogen (secondary N) is 3. The molecule has 25 heavy (non-hydrogen) atoms. The molecule has 4 unspecified atom stereocenters. The number of hydrogen-bond donors (Lipinski definition) is 6. The maximum atomic E-state index is 12.4. The molecule has 0 saturated carbocycles. The molecule has 4 atom stereocenters. The van der Waals surface area contributed by atoms with Crippen LogP contribution in [0.3, 0.4) is 0 Å². The fourth-order valence-electron chi connectivity index (χ4n) is 2.64. The van der Waals surface area contributed by atoms with Crippen LogP contribution in [0.15, 0.2) is 11.6 Å². The molecule has 1 rings (SSSR count). The van der Waals surface area contributed by atoms with Crippen LogP contribution in [-0.2, 0) is 14.4 Å². The maximum Gasteiger partial charge on any atom is 0.247 e. The van der Waals surface area contributed by atoms with Crippen molar-refractivity contribution in [3.05, 3.63) is 11.6 Å². The van der Waals surface area contributed by atoms with Crippen molar-refractivity contribution < 1.29 is 24.6 Å². The van der Waals surface area contributed by atoms with Crippen molar-refractivity contribution in [3.63, 3.8) is 0 Å². The number of nitrogens with two attached hydrogens (primary N) is 1. The fraction of sp³-hybridized carbons (Fsp3) is 0.688. The van der Waals surface area contributed by atoms with Crippen LogP contribution in [0.1, 0.15) is 26.7 Å². The van der Waals surface area contributed by atoms with Gasteiger partial charge < -0.3 is 31.9 Å². The lowest BCUT2D eigenvalue weighted by atomic mass is 9.89. The van der Waals surface area contributed by atoms with Crippen molar-refractivity contribution in [2.45, 2.75) is 51.0 Å². The van der Waals surface area contributed by atoms with Gasteiger partial charge in [0.25, 0.3) is 0 Å². The molecule has 0 aliphatic heterocycles. The Hall–Kier alpha value is -1.97. The number of hydrogen-bond acceptors (Lipinski definition) is 6. The van der Waals surface area contributed by atoms with E-state index in [1.165, 1.54) is 6.08 Å². The lowest BCUT2D eigenvalue weighted by Gasteiger charge is -2.32. The van der Waals surface area contributed by atoms with Gasteiger partial charge in [-0.25, -0.2) is 0 Å². The topological polar surface area (TPSA) is 154 Å². The van der Waals surface area contributed by atoms with Gasteiger partial charge in [0.2, 0.25) is 17.7 Å². The highest BCUT2D eigenvalue weighted by Gasteiger charge is 2.34. The van der Waals surface area contributed by atoms with Gasteiger partial charge in [0, 0.05) is 12.0 Å². The van der Waals surface area contributed by atoms with Crippen LogP contribution in [0.4, 0.5) is 0 Å². The maximum absolute atomic E-state index is 12.4. The van der Waals surface area contributed by atoms with Crippen molar-refractivity contribution in [1.29, 1.82) is 0 Å². The SMILES string of the molecule is CNC(CC(C)C)C(=O)NC1C=C(C(=O)NCC(N)=O)CC(O)C1O. The molecule has 0 saturated heterocycles. The second kappa shape index (κ2) is 9.50. The Morgan fingerprint density at radius 3 is 2.48 bits per heavy atom. The summed E-state index contributed by atoms with van der Waals surface area (Å²) in [5, 5.41) is 27.9. The monoisotopic (exact) mass is 356 g/mol. The standard InChI is InChI=1S/C16H28N4O5/c1-8(2)4-11(18-3)16(25)20-10-5-9(6-12(21)14(10)23)15(24)19-7-13(17)22/h5,8,10-12,14,18,21,23H,4,6-7H2,1-3H3,(H2,17,22)(H,19,24)(H,20,25). The van der Waals surface area contributed by atoms with Crippen molar-refractivity contribution in [2.24, 2.45) is 11.7 Å². The number of aliphatic hydroxyl groups excluding tert-OH is 2. The summed E-state index contributed by atoms with van der Waals surface area (Å²) in [5.41, 5.74) is 5.15. The largest absolute Gasteiger partial charge is 0.390 e. The number of carbonyl (C=O) groups is 3. The smallest absolute Gasteiger partial charge is 0.247 e. The van der Waals surface area contributed by atoms with Gasteiger partial charge in [-0.2, -0.15) is 0 Å². The van der Waals surface area contributed by atoms with Gasteiger partial charge in [0.05, 0.1) is 24.7 Å². The predicted octanol–water partition coefficient (Wildman–Crippen LogP) is -2.24. The minimum absolute atomic E-state index is 0.0837. The van der Waals surface area contributed by atoms with Crippen LogP contribution in [0.5, 0.6) is 0 Å². The average molecular weight is 356 g/mol. The molecule has 0 aromatic rings. The average Bonchev–Trinajstić information content (AvgIpc) is 2.53. The Morgan fingerprint density at radius 1 is 1.32 bits per heavy atom. The van der Waals surface area contributed by atoms with E-state index in [-0.39, 0.29) is 30.4 Å². The molecule has 3 amide bonds. The van der Waals surface area contributed by atoms with E-state index >= 15 is 0 Å². The minimum atomic E-state index is -1.23. The molecule has 7 N–H and O–H groups in total. The number of aliphatic hydroxyl groups is 2.